The van der Waals surface area contributed by atoms with Crippen LogP contribution in [-0.4, -0.2) is 10.5 Å². The highest BCUT2D eigenvalue weighted by Crippen LogP contribution is 2.57. The molecule has 0 saturated carbocycles. The number of H-pyrrole nitrogens is 1. The Labute approximate surface area is 177 Å². The van der Waals surface area contributed by atoms with Gasteiger partial charge in [-0.3, -0.25) is 0 Å². The lowest BCUT2D eigenvalue weighted by Gasteiger charge is -2.41. The molecule has 3 atom stereocenters. The summed E-state index contributed by atoms with van der Waals surface area (Å²) in [5, 5.41) is 5.21. The Morgan fingerprint density at radius 3 is 2.47 bits per heavy atom. The number of rotatable bonds is 2. The van der Waals surface area contributed by atoms with Crippen molar-refractivity contribution in [1.29, 1.82) is 0 Å². The highest BCUT2D eigenvalue weighted by atomic mass is 15.0. The van der Waals surface area contributed by atoms with Crippen molar-refractivity contribution in [3.63, 3.8) is 0 Å². The van der Waals surface area contributed by atoms with E-state index in [-0.39, 0.29) is 5.54 Å². The number of aromatic nitrogens is 1. The molecule has 0 bridgehead atoms. The SMILES string of the molecule is Cc1[nH]c2ccccc2c1C1=C[C@@]2(C)Nc3ccccc3[C@H]2[C@@H](c2ccccc2)C1. The van der Waals surface area contributed by atoms with Gasteiger partial charge in [0.1, 0.15) is 0 Å². The molecule has 30 heavy (non-hydrogen) atoms. The van der Waals surface area contributed by atoms with E-state index in [0.717, 1.165) is 6.42 Å². The Morgan fingerprint density at radius 2 is 1.60 bits per heavy atom. The van der Waals surface area contributed by atoms with Gasteiger partial charge in [0.15, 0.2) is 0 Å². The first-order valence-electron chi connectivity index (χ1n) is 10.9. The molecule has 1 aromatic heterocycles. The minimum atomic E-state index is -0.109. The predicted molar refractivity (Wildman–Crippen MR) is 126 cm³/mol. The van der Waals surface area contributed by atoms with Crippen molar-refractivity contribution in [2.75, 3.05) is 5.32 Å². The Balaban J connectivity index is 1.57. The molecule has 0 fully saturated rings. The molecule has 6 rings (SSSR count). The third-order valence-corrected chi connectivity index (χ3v) is 7.10. The number of nitrogens with one attached hydrogen (secondary N) is 2. The van der Waals surface area contributed by atoms with Crippen LogP contribution in [0.4, 0.5) is 5.69 Å². The number of fused-ring (bicyclic) bond motifs is 4. The van der Waals surface area contributed by atoms with Crippen LogP contribution in [0.25, 0.3) is 16.5 Å². The molecule has 2 heterocycles. The summed E-state index contributed by atoms with van der Waals surface area (Å²) < 4.78 is 0. The highest BCUT2D eigenvalue weighted by Gasteiger charge is 2.48. The fraction of sp³-hybridized carbons (Fsp3) is 0.214. The van der Waals surface area contributed by atoms with Crippen LogP contribution in [0.15, 0.2) is 84.9 Å². The molecular formula is C28H26N2. The lowest BCUT2D eigenvalue weighted by Crippen LogP contribution is -2.40. The number of allylic oxidation sites excluding steroid dienone is 1. The van der Waals surface area contributed by atoms with Gasteiger partial charge in [0, 0.05) is 33.8 Å². The van der Waals surface area contributed by atoms with Crippen LogP contribution in [0.3, 0.4) is 0 Å². The van der Waals surface area contributed by atoms with Crippen molar-refractivity contribution in [2.24, 2.45) is 0 Å². The number of aryl methyl sites for hydroxylation is 1. The second kappa shape index (κ2) is 6.37. The van der Waals surface area contributed by atoms with Gasteiger partial charge in [-0.25, -0.2) is 0 Å². The van der Waals surface area contributed by atoms with Gasteiger partial charge in [-0.1, -0.05) is 72.8 Å². The molecule has 0 unspecified atom stereocenters. The molecule has 2 aliphatic rings. The Hall–Kier alpha value is -3.26. The zero-order valence-electron chi connectivity index (χ0n) is 17.4. The van der Waals surface area contributed by atoms with Crippen molar-refractivity contribution in [3.05, 3.63) is 107 Å². The molecular weight excluding hydrogens is 364 g/mol. The number of hydrogen-bond donors (Lipinski definition) is 2. The molecule has 0 amide bonds. The molecule has 2 nitrogen and oxygen atoms in total. The van der Waals surface area contributed by atoms with E-state index in [4.69, 9.17) is 0 Å². The Kier molecular flexibility index (Phi) is 3.73. The predicted octanol–water partition coefficient (Wildman–Crippen LogP) is 7.02. The number of hydrogen-bond acceptors (Lipinski definition) is 1. The standard InChI is InChI=1S/C28H26N2/c1-18-26(21-12-6-8-14-24(21)29-18)20-16-23(19-10-4-3-5-11-19)27-22-13-7-9-15-25(22)30-28(27,2)17-20/h3-15,17,23,27,29-30H,16H2,1-2H3/t23-,27+,28-/m1/s1. The maximum absolute atomic E-state index is 3.89. The third-order valence-electron chi connectivity index (χ3n) is 7.10. The van der Waals surface area contributed by atoms with Crippen LogP contribution < -0.4 is 5.32 Å². The number of para-hydroxylation sites is 2. The summed E-state index contributed by atoms with van der Waals surface area (Å²) >= 11 is 0. The van der Waals surface area contributed by atoms with E-state index >= 15 is 0 Å². The van der Waals surface area contributed by atoms with Gasteiger partial charge in [-0.15, -0.1) is 0 Å². The summed E-state index contributed by atoms with van der Waals surface area (Å²) in [6.07, 6.45) is 3.56. The quantitative estimate of drug-likeness (QED) is 0.378. The fourth-order valence-corrected chi connectivity index (χ4v) is 5.98. The van der Waals surface area contributed by atoms with Gasteiger partial charge in [0.25, 0.3) is 0 Å². The average molecular weight is 391 g/mol. The zero-order valence-corrected chi connectivity index (χ0v) is 17.4. The van der Waals surface area contributed by atoms with E-state index in [2.05, 4.69) is 109 Å². The molecule has 4 aromatic rings. The molecule has 0 spiro atoms. The van der Waals surface area contributed by atoms with Crippen molar-refractivity contribution < 1.29 is 0 Å². The van der Waals surface area contributed by atoms with Gasteiger partial charge in [-0.05, 0) is 55.0 Å². The summed E-state index contributed by atoms with van der Waals surface area (Å²) in [5.74, 6) is 0.853. The van der Waals surface area contributed by atoms with E-state index in [1.807, 2.05) is 0 Å². The lowest BCUT2D eigenvalue weighted by molar-refractivity contribution is 0.426. The summed E-state index contributed by atoms with van der Waals surface area (Å²) in [5.41, 5.74) is 9.34. The van der Waals surface area contributed by atoms with E-state index in [1.54, 1.807) is 0 Å². The molecule has 0 saturated heterocycles. The van der Waals surface area contributed by atoms with Crippen LogP contribution in [0.5, 0.6) is 0 Å². The summed E-state index contributed by atoms with van der Waals surface area (Å²) in [6, 6.07) is 28.6. The normalized spacial score (nSPS) is 24.8. The molecule has 148 valence electrons. The van der Waals surface area contributed by atoms with Crippen LogP contribution in [0, 0.1) is 6.92 Å². The maximum Gasteiger partial charge on any atom is 0.0609 e. The van der Waals surface area contributed by atoms with Crippen LogP contribution in [0.2, 0.25) is 0 Å². The van der Waals surface area contributed by atoms with E-state index in [0.29, 0.717) is 11.8 Å². The van der Waals surface area contributed by atoms with Gasteiger partial charge >= 0.3 is 0 Å². The minimum absolute atomic E-state index is 0.109. The Bertz CT molecular complexity index is 1280. The monoisotopic (exact) mass is 390 g/mol. The minimum Gasteiger partial charge on any atom is -0.376 e. The topological polar surface area (TPSA) is 27.8 Å². The van der Waals surface area contributed by atoms with Crippen LogP contribution in [0.1, 0.15) is 47.6 Å². The van der Waals surface area contributed by atoms with Gasteiger partial charge in [0.05, 0.1) is 5.54 Å². The van der Waals surface area contributed by atoms with Gasteiger partial charge < -0.3 is 10.3 Å². The molecule has 1 aliphatic carbocycles. The first-order chi connectivity index (χ1) is 14.6. The first kappa shape index (κ1) is 17.6. The van der Waals surface area contributed by atoms with E-state index < -0.39 is 0 Å². The molecule has 2 heteroatoms. The van der Waals surface area contributed by atoms with Crippen molar-refractivity contribution >= 4 is 22.2 Å². The number of anilines is 1. The van der Waals surface area contributed by atoms with Gasteiger partial charge in [-0.2, -0.15) is 0 Å². The second-order valence-electron chi connectivity index (χ2n) is 9.03. The largest absolute Gasteiger partial charge is 0.376 e. The smallest absolute Gasteiger partial charge is 0.0609 e. The number of aromatic amines is 1. The zero-order chi connectivity index (χ0) is 20.3. The second-order valence-corrected chi connectivity index (χ2v) is 9.03. The van der Waals surface area contributed by atoms with Crippen molar-refractivity contribution in [1.82, 2.24) is 4.98 Å². The van der Waals surface area contributed by atoms with Gasteiger partial charge in [0.2, 0.25) is 0 Å². The molecule has 1 aliphatic heterocycles. The first-order valence-corrected chi connectivity index (χ1v) is 10.9. The van der Waals surface area contributed by atoms with Crippen LogP contribution in [-0.2, 0) is 0 Å². The van der Waals surface area contributed by atoms with E-state index in [1.165, 1.54) is 44.5 Å². The third kappa shape index (κ3) is 2.50. The summed E-state index contributed by atoms with van der Waals surface area (Å²) in [4.78, 5) is 3.61. The highest BCUT2D eigenvalue weighted by molar-refractivity contribution is 5.95. The molecule has 3 aromatic carbocycles. The molecule has 0 radical (unpaired) electrons. The fourth-order valence-electron chi connectivity index (χ4n) is 5.98. The van der Waals surface area contributed by atoms with Crippen molar-refractivity contribution in [3.8, 4) is 0 Å². The average Bonchev–Trinajstić information content (AvgIpc) is 3.26. The van der Waals surface area contributed by atoms with Crippen molar-refractivity contribution in [2.45, 2.75) is 37.6 Å². The van der Waals surface area contributed by atoms with Crippen LogP contribution >= 0.6 is 0 Å². The maximum atomic E-state index is 3.89. The summed E-state index contributed by atoms with van der Waals surface area (Å²) in [6.45, 7) is 4.58. The number of benzene rings is 3. The molecule has 2 N–H and O–H groups in total. The summed E-state index contributed by atoms with van der Waals surface area (Å²) in [7, 11) is 0. The lowest BCUT2D eigenvalue weighted by atomic mass is 9.65. The Morgan fingerprint density at radius 1 is 0.867 bits per heavy atom. The van der Waals surface area contributed by atoms with E-state index in [9.17, 15) is 0 Å².